The summed E-state index contributed by atoms with van der Waals surface area (Å²) < 4.78 is 33.7. The summed E-state index contributed by atoms with van der Waals surface area (Å²) in [6.07, 6.45) is 5.62. The molecule has 0 aliphatic carbocycles. The fraction of sp³-hybridized carbons (Fsp3) is 0.441. The van der Waals surface area contributed by atoms with Gasteiger partial charge in [0.25, 0.3) is 17.6 Å². The number of carbonyl (C=O) groups excluding carboxylic acids is 3. The average Bonchev–Trinajstić information content (AvgIpc) is 3.27. The molecule has 4 aliphatic heterocycles. The van der Waals surface area contributed by atoms with E-state index in [1.807, 2.05) is 0 Å². The molecule has 4 heterocycles. The highest BCUT2D eigenvalue weighted by molar-refractivity contribution is 7.89. The van der Waals surface area contributed by atoms with Gasteiger partial charge < -0.3 is 19.6 Å². The van der Waals surface area contributed by atoms with Gasteiger partial charge in [-0.3, -0.25) is 19.3 Å². The summed E-state index contributed by atoms with van der Waals surface area (Å²) in [6, 6.07) is 12.6. The number of benzene rings is 2. The van der Waals surface area contributed by atoms with Gasteiger partial charge in [0.2, 0.25) is 10.0 Å². The second-order valence-corrected chi connectivity index (χ2v) is 14.0. The number of likely N-dealkylation sites (tertiary alicyclic amines) is 1. The lowest BCUT2D eigenvalue weighted by Gasteiger charge is -2.35. The van der Waals surface area contributed by atoms with E-state index < -0.39 is 38.9 Å². The molecule has 4 aliphatic rings. The lowest BCUT2D eigenvalue weighted by molar-refractivity contribution is -0.143. The Balaban J connectivity index is 1.42. The number of aliphatic hydroxyl groups is 1. The Morgan fingerprint density at radius 3 is 2.26 bits per heavy atom. The van der Waals surface area contributed by atoms with E-state index in [2.05, 4.69) is 11.5 Å². The van der Waals surface area contributed by atoms with E-state index in [9.17, 15) is 27.9 Å². The molecule has 11 nitrogen and oxygen atoms in total. The summed E-state index contributed by atoms with van der Waals surface area (Å²) in [5.74, 6) is -2.89. The van der Waals surface area contributed by atoms with Crippen molar-refractivity contribution in [2.45, 2.75) is 42.5 Å². The first-order chi connectivity index (χ1) is 22.2. The molecular weight excluding hydrogens is 608 g/mol. The van der Waals surface area contributed by atoms with Crippen molar-refractivity contribution in [3.8, 4) is 0 Å². The number of morpholine rings is 1. The highest BCUT2D eigenvalue weighted by atomic mass is 32.2. The van der Waals surface area contributed by atoms with Gasteiger partial charge in [0, 0.05) is 56.9 Å². The molecule has 2 aromatic carbocycles. The van der Waals surface area contributed by atoms with Crippen LogP contribution in [0, 0.1) is 0 Å². The number of aliphatic hydroxyl groups excluding tert-OH is 1. The minimum atomic E-state index is -3.76. The van der Waals surface area contributed by atoms with E-state index in [1.165, 1.54) is 38.4 Å². The van der Waals surface area contributed by atoms with Crippen LogP contribution in [0.1, 0.15) is 43.2 Å². The Morgan fingerprint density at radius 2 is 1.59 bits per heavy atom. The topological polar surface area (TPSA) is 128 Å². The zero-order valence-corrected chi connectivity index (χ0v) is 26.7. The molecule has 0 saturated carbocycles. The molecule has 12 heteroatoms. The molecule has 1 spiro atoms. The highest BCUT2D eigenvalue weighted by Crippen LogP contribution is 2.53. The number of para-hydroxylation sites is 1. The predicted molar refractivity (Wildman–Crippen MR) is 172 cm³/mol. The second kappa shape index (κ2) is 13.1. The van der Waals surface area contributed by atoms with E-state index in [1.54, 1.807) is 30.3 Å². The Labute approximate surface area is 269 Å². The standard InChI is InChI=1S/C34H40N4O7S/c1-2-16-37-28-11-6-5-10-27(28)34(33(37)42)29(31(40)32(41)38(34)20-9-17-35-21-23-45-24-22-35)30(39)25-12-14-26(15-13-25)46(43,44)36-18-7-3-4-8-19-36/h2,5-6,10-15,39H,1,3-4,7-9,16-24H2/b30-29+. The molecule has 1 N–H and O–H groups in total. The van der Waals surface area contributed by atoms with Crippen molar-refractivity contribution in [2.24, 2.45) is 0 Å². The van der Waals surface area contributed by atoms with Gasteiger partial charge in [-0.15, -0.1) is 6.58 Å². The minimum absolute atomic E-state index is 0.0728. The molecule has 1 unspecified atom stereocenters. The van der Waals surface area contributed by atoms with Crippen molar-refractivity contribution in [3.05, 3.63) is 77.9 Å². The number of amides is 2. The van der Waals surface area contributed by atoms with Crippen LogP contribution in [-0.2, 0) is 34.7 Å². The number of nitrogens with zero attached hydrogens (tertiary/aromatic N) is 4. The second-order valence-electron chi connectivity index (χ2n) is 12.1. The first-order valence-corrected chi connectivity index (χ1v) is 17.4. The monoisotopic (exact) mass is 648 g/mol. The van der Waals surface area contributed by atoms with Gasteiger partial charge in [-0.2, -0.15) is 4.31 Å². The van der Waals surface area contributed by atoms with Crippen molar-refractivity contribution >= 4 is 39.1 Å². The molecular formula is C34H40N4O7S. The maximum atomic E-state index is 14.6. The third-order valence-corrected chi connectivity index (χ3v) is 11.3. The number of hydrogen-bond donors (Lipinski definition) is 1. The number of ether oxygens (including phenoxy) is 1. The van der Waals surface area contributed by atoms with Crippen LogP contribution >= 0.6 is 0 Å². The summed E-state index contributed by atoms with van der Waals surface area (Å²) in [7, 11) is -3.76. The fourth-order valence-electron chi connectivity index (χ4n) is 7.11. The molecule has 0 bridgehead atoms. The summed E-state index contributed by atoms with van der Waals surface area (Å²) in [5, 5.41) is 11.8. The molecule has 1 atom stereocenters. The van der Waals surface area contributed by atoms with E-state index in [4.69, 9.17) is 4.74 Å². The number of rotatable bonds is 9. The normalized spacial score (nSPS) is 24.0. The van der Waals surface area contributed by atoms with E-state index in [0.29, 0.717) is 50.5 Å². The largest absolute Gasteiger partial charge is 0.507 e. The fourth-order valence-corrected chi connectivity index (χ4v) is 8.63. The summed E-state index contributed by atoms with van der Waals surface area (Å²) in [4.78, 5) is 47.4. The Bertz CT molecular complexity index is 1660. The number of carbonyl (C=O) groups is 3. The zero-order chi connectivity index (χ0) is 32.5. The molecule has 3 fully saturated rings. The number of fused-ring (bicyclic) bond motifs is 2. The summed E-state index contributed by atoms with van der Waals surface area (Å²) in [6.45, 7) is 8.31. The van der Waals surface area contributed by atoms with E-state index in [0.717, 1.165) is 38.8 Å². The van der Waals surface area contributed by atoms with Crippen LogP contribution in [-0.4, -0.2) is 104 Å². The lowest BCUT2D eigenvalue weighted by Crippen LogP contribution is -2.52. The number of anilines is 1. The van der Waals surface area contributed by atoms with Crippen molar-refractivity contribution in [1.82, 2.24) is 14.1 Å². The van der Waals surface area contributed by atoms with Crippen LogP contribution < -0.4 is 4.90 Å². The number of hydrogen-bond acceptors (Lipinski definition) is 8. The SMILES string of the molecule is C=CCN1C(=O)C2(/C(=C(/O)c3ccc(S(=O)(=O)N4CCCCCC4)cc3)C(=O)C(=O)N2CCCN2CCOCC2)c2ccccc21. The van der Waals surface area contributed by atoms with Crippen LogP contribution in [0.4, 0.5) is 5.69 Å². The highest BCUT2D eigenvalue weighted by Gasteiger charge is 2.66. The molecule has 2 amide bonds. The van der Waals surface area contributed by atoms with E-state index in [-0.39, 0.29) is 29.1 Å². The lowest BCUT2D eigenvalue weighted by atomic mass is 9.82. The summed E-state index contributed by atoms with van der Waals surface area (Å²) in [5.41, 5.74) is -1.13. The maximum absolute atomic E-state index is 14.6. The minimum Gasteiger partial charge on any atom is -0.507 e. The van der Waals surface area contributed by atoms with Crippen LogP contribution in [0.3, 0.4) is 0 Å². The van der Waals surface area contributed by atoms with Gasteiger partial charge in [0.1, 0.15) is 5.76 Å². The summed E-state index contributed by atoms with van der Waals surface area (Å²) >= 11 is 0. The predicted octanol–water partition coefficient (Wildman–Crippen LogP) is 3.08. The Kier molecular flexibility index (Phi) is 9.15. The van der Waals surface area contributed by atoms with Crippen LogP contribution in [0.2, 0.25) is 0 Å². The number of ketones is 1. The van der Waals surface area contributed by atoms with Crippen molar-refractivity contribution in [3.63, 3.8) is 0 Å². The molecule has 46 heavy (non-hydrogen) atoms. The third kappa shape index (κ3) is 5.36. The Hall–Kier alpha value is -3.84. The zero-order valence-electron chi connectivity index (χ0n) is 25.9. The average molecular weight is 649 g/mol. The molecule has 0 radical (unpaired) electrons. The first kappa shape index (κ1) is 32.1. The van der Waals surface area contributed by atoms with Crippen molar-refractivity contribution < 1.29 is 32.6 Å². The van der Waals surface area contributed by atoms with Gasteiger partial charge in [-0.25, -0.2) is 8.42 Å². The number of sulfonamides is 1. The van der Waals surface area contributed by atoms with Crippen molar-refractivity contribution in [2.75, 3.05) is 63.9 Å². The molecule has 3 saturated heterocycles. The van der Waals surface area contributed by atoms with Gasteiger partial charge in [0.15, 0.2) is 5.54 Å². The van der Waals surface area contributed by atoms with Crippen LogP contribution in [0.25, 0.3) is 5.76 Å². The maximum Gasteiger partial charge on any atom is 0.296 e. The van der Waals surface area contributed by atoms with Crippen LogP contribution in [0.5, 0.6) is 0 Å². The van der Waals surface area contributed by atoms with E-state index >= 15 is 0 Å². The van der Waals surface area contributed by atoms with Gasteiger partial charge in [0.05, 0.1) is 29.4 Å². The molecule has 0 aromatic heterocycles. The number of Topliss-reactive ketones (excluding diaryl/α,β-unsaturated/α-hetero) is 1. The molecule has 6 rings (SSSR count). The van der Waals surface area contributed by atoms with Gasteiger partial charge >= 0.3 is 0 Å². The Morgan fingerprint density at radius 1 is 0.913 bits per heavy atom. The molecule has 2 aromatic rings. The van der Waals surface area contributed by atoms with Crippen LogP contribution in [0.15, 0.2) is 71.7 Å². The van der Waals surface area contributed by atoms with Gasteiger partial charge in [-0.05, 0) is 49.6 Å². The van der Waals surface area contributed by atoms with Crippen molar-refractivity contribution in [1.29, 1.82) is 0 Å². The third-order valence-electron chi connectivity index (χ3n) is 9.41. The first-order valence-electron chi connectivity index (χ1n) is 16.0. The molecule has 244 valence electrons. The quantitative estimate of drug-likeness (QED) is 0.190. The van der Waals surface area contributed by atoms with Gasteiger partial charge in [-0.1, -0.05) is 37.1 Å². The smallest absolute Gasteiger partial charge is 0.296 e.